The molecule has 0 amide bonds. The van der Waals surface area contributed by atoms with Crippen molar-refractivity contribution in [3.05, 3.63) is 0 Å². The van der Waals surface area contributed by atoms with E-state index in [0.29, 0.717) is 18.0 Å². The maximum absolute atomic E-state index is 12.0. The first-order valence-electron chi connectivity index (χ1n) is 4.50. The van der Waals surface area contributed by atoms with Crippen molar-refractivity contribution in [1.82, 2.24) is 9.80 Å². The highest BCUT2D eigenvalue weighted by Crippen LogP contribution is 2.21. The van der Waals surface area contributed by atoms with Crippen molar-refractivity contribution in [3.8, 4) is 0 Å². The van der Waals surface area contributed by atoms with Crippen LogP contribution < -0.4 is 0 Å². The molecule has 1 fully saturated rings. The first kappa shape index (κ1) is 12.7. The van der Waals surface area contributed by atoms with Crippen LogP contribution in [0.2, 0.25) is 0 Å². The van der Waals surface area contributed by atoms with Crippen LogP contribution in [0.1, 0.15) is 13.8 Å². The Kier molecular flexibility index (Phi) is 5.32. The molecule has 1 rings (SSSR count). The minimum atomic E-state index is -4.14. The normalized spacial score (nSPS) is 20.8. The van der Waals surface area contributed by atoms with Crippen molar-refractivity contribution in [2.45, 2.75) is 20.1 Å². The van der Waals surface area contributed by atoms with Gasteiger partial charge in [-0.1, -0.05) is 13.8 Å². The molecule has 0 saturated carbocycles. The second-order valence-corrected chi connectivity index (χ2v) is 2.76. The zero-order valence-corrected chi connectivity index (χ0v) is 8.36. The molecular weight excluding hydrogens is 181 g/mol. The molecule has 80 valence electrons. The predicted molar refractivity (Wildman–Crippen MR) is 46.5 cm³/mol. The smallest absolute Gasteiger partial charge is 0.304 e. The third-order valence-corrected chi connectivity index (χ3v) is 1.86. The number of nitrogens with zero attached hydrogens (tertiary/aromatic N) is 2. The number of likely N-dealkylation sites (N-methyl/N-ethyl adjacent to an activating group) is 1. The molecule has 0 aromatic heterocycles. The summed E-state index contributed by atoms with van der Waals surface area (Å²) < 4.78 is 35.9. The molecule has 0 aromatic carbocycles. The van der Waals surface area contributed by atoms with Gasteiger partial charge >= 0.3 is 6.30 Å². The molecule has 0 aromatic rings. The van der Waals surface area contributed by atoms with Crippen LogP contribution in [0.15, 0.2) is 0 Å². The van der Waals surface area contributed by atoms with Crippen molar-refractivity contribution >= 4 is 0 Å². The second-order valence-electron chi connectivity index (χ2n) is 2.76. The summed E-state index contributed by atoms with van der Waals surface area (Å²) in [5.41, 5.74) is 0. The lowest BCUT2D eigenvalue weighted by atomic mass is 10.3. The van der Waals surface area contributed by atoms with Crippen LogP contribution in [-0.2, 0) is 0 Å². The summed E-state index contributed by atoms with van der Waals surface area (Å²) in [7, 11) is 1.83. The predicted octanol–water partition coefficient (Wildman–Crippen LogP) is 1.78. The maximum Gasteiger partial charge on any atom is 0.460 e. The minimum Gasteiger partial charge on any atom is -0.304 e. The molecule has 2 nitrogen and oxygen atoms in total. The Bertz CT molecular complexity index is 128. The van der Waals surface area contributed by atoms with Crippen molar-refractivity contribution in [1.29, 1.82) is 0 Å². The first-order valence-corrected chi connectivity index (χ1v) is 4.50. The molecule has 13 heavy (non-hydrogen) atoms. The Hall–Kier alpha value is -0.290. The van der Waals surface area contributed by atoms with Crippen LogP contribution in [0.3, 0.4) is 0 Å². The fourth-order valence-corrected chi connectivity index (χ4v) is 1.06. The molecule has 1 aliphatic heterocycles. The fourth-order valence-electron chi connectivity index (χ4n) is 1.06. The number of hydrogen-bond donors (Lipinski definition) is 0. The van der Waals surface area contributed by atoms with E-state index in [0.717, 1.165) is 0 Å². The molecule has 0 aliphatic carbocycles. The Morgan fingerprint density at radius 1 is 0.923 bits per heavy atom. The molecule has 5 heteroatoms. The van der Waals surface area contributed by atoms with E-state index in [-0.39, 0.29) is 13.1 Å². The van der Waals surface area contributed by atoms with Gasteiger partial charge in [0.25, 0.3) is 0 Å². The monoisotopic (exact) mass is 198 g/mol. The van der Waals surface area contributed by atoms with Gasteiger partial charge in [0.1, 0.15) is 0 Å². The van der Waals surface area contributed by atoms with Crippen molar-refractivity contribution < 1.29 is 13.2 Å². The quantitative estimate of drug-likeness (QED) is 0.547. The molecule has 1 aliphatic rings. The summed E-state index contributed by atoms with van der Waals surface area (Å²) in [4.78, 5) is 2.44. The number of halogens is 3. The van der Waals surface area contributed by atoms with Crippen molar-refractivity contribution in [3.63, 3.8) is 0 Å². The fraction of sp³-hybridized carbons (Fsp3) is 1.00. The number of piperazine rings is 1. The number of alkyl halides is 3. The van der Waals surface area contributed by atoms with Gasteiger partial charge in [-0.3, -0.25) is 0 Å². The summed E-state index contributed by atoms with van der Waals surface area (Å²) in [5, 5.41) is 0. The lowest BCUT2D eigenvalue weighted by Crippen LogP contribution is -2.50. The van der Waals surface area contributed by atoms with Gasteiger partial charge in [-0.05, 0) is 7.05 Å². The summed E-state index contributed by atoms with van der Waals surface area (Å²) in [6.07, 6.45) is -4.14. The van der Waals surface area contributed by atoms with Gasteiger partial charge in [0.2, 0.25) is 0 Å². The van der Waals surface area contributed by atoms with Crippen LogP contribution >= 0.6 is 0 Å². The third-order valence-electron chi connectivity index (χ3n) is 1.86. The van der Waals surface area contributed by atoms with Gasteiger partial charge < -0.3 is 4.90 Å². The minimum absolute atomic E-state index is 0.0972. The Balaban J connectivity index is 0.000000671. The highest BCUT2D eigenvalue weighted by molar-refractivity contribution is 4.70. The zero-order valence-electron chi connectivity index (χ0n) is 8.36. The van der Waals surface area contributed by atoms with Gasteiger partial charge in [0.05, 0.1) is 0 Å². The summed E-state index contributed by atoms with van der Waals surface area (Å²) in [6.45, 7) is 5.19. The lowest BCUT2D eigenvalue weighted by molar-refractivity contribution is -0.251. The van der Waals surface area contributed by atoms with Crippen LogP contribution in [0.5, 0.6) is 0 Å². The molecule has 1 heterocycles. The maximum atomic E-state index is 12.0. The molecule has 0 spiro atoms. The van der Waals surface area contributed by atoms with Gasteiger partial charge in [-0.2, -0.15) is 13.2 Å². The summed E-state index contributed by atoms with van der Waals surface area (Å²) in [5.74, 6) is 0. The molecule has 0 radical (unpaired) electrons. The molecule has 0 unspecified atom stereocenters. The van der Waals surface area contributed by atoms with Crippen LogP contribution in [0, 0.1) is 0 Å². The van der Waals surface area contributed by atoms with Gasteiger partial charge in [-0.25, -0.2) is 4.90 Å². The Morgan fingerprint density at radius 3 is 1.62 bits per heavy atom. The van der Waals surface area contributed by atoms with E-state index in [1.165, 1.54) is 0 Å². The average Bonchev–Trinajstić information content (AvgIpc) is 2.07. The van der Waals surface area contributed by atoms with Gasteiger partial charge in [0.15, 0.2) is 0 Å². The molecule has 1 saturated heterocycles. The average molecular weight is 198 g/mol. The molecule has 0 atom stereocenters. The molecule has 0 N–H and O–H groups in total. The lowest BCUT2D eigenvalue weighted by Gasteiger charge is -2.33. The standard InChI is InChI=1S/C6H11F3N2.C2H6/c1-10-2-4-11(5-3-10)6(7,8)9;1-2/h2-5H2,1H3;1-2H3. The highest BCUT2D eigenvalue weighted by atomic mass is 19.4. The molecule has 0 bridgehead atoms. The van der Waals surface area contributed by atoms with E-state index in [9.17, 15) is 13.2 Å². The largest absolute Gasteiger partial charge is 0.460 e. The van der Waals surface area contributed by atoms with E-state index in [1.54, 1.807) is 0 Å². The van der Waals surface area contributed by atoms with E-state index in [2.05, 4.69) is 0 Å². The molecular formula is C8H17F3N2. The summed E-state index contributed by atoms with van der Waals surface area (Å²) in [6, 6.07) is 0. The van der Waals surface area contributed by atoms with Gasteiger partial charge in [0, 0.05) is 26.2 Å². The zero-order chi connectivity index (χ0) is 10.5. The van der Waals surface area contributed by atoms with Crippen molar-refractivity contribution in [2.24, 2.45) is 0 Å². The summed E-state index contributed by atoms with van der Waals surface area (Å²) >= 11 is 0. The topological polar surface area (TPSA) is 6.48 Å². The van der Waals surface area contributed by atoms with Crippen LogP contribution in [0.25, 0.3) is 0 Å². The number of rotatable bonds is 0. The second kappa shape index (κ2) is 5.44. The Morgan fingerprint density at radius 2 is 1.31 bits per heavy atom. The number of hydrogen-bond acceptors (Lipinski definition) is 2. The third kappa shape index (κ3) is 4.47. The first-order chi connectivity index (χ1) is 6.00. The van der Waals surface area contributed by atoms with E-state index in [1.807, 2.05) is 25.8 Å². The van der Waals surface area contributed by atoms with E-state index in [4.69, 9.17) is 0 Å². The van der Waals surface area contributed by atoms with E-state index < -0.39 is 6.30 Å². The van der Waals surface area contributed by atoms with Gasteiger partial charge in [-0.15, -0.1) is 0 Å². The SMILES string of the molecule is CC.CN1CCN(C(F)(F)F)CC1. The highest BCUT2D eigenvalue weighted by Gasteiger charge is 2.38. The van der Waals surface area contributed by atoms with E-state index >= 15 is 0 Å². The van der Waals surface area contributed by atoms with Crippen LogP contribution in [-0.4, -0.2) is 49.3 Å². The Labute approximate surface area is 77.3 Å². The van der Waals surface area contributed by atoms with Crippen molar-refractivity contribution in [2.75, 3.05) is 33.2 Å². The van der Waals surface area contributed by atoms with Crippen LogP contribution in [0.4, 0.5) is 13.2 Å².